The first-order valence-electron chi connectivity index (χ1n) is 10.9. The average molecular weight is 514 g/mol. The molecule has 3 heterocycles. The van der Waals surface area contributed by atoms with Gasteiger partial charge in [0.15, 0.2) is 5.13 Å². The van der Waals surface area contributed by atoms with Crippen LogP contribution in [0.2, 0.25) is 0 Å². The number of nitrogens with zero attached hydrogens (tertiary/aromatic N) is 3. The smallest absolute Gasteiger partial charge is 0.301 e. The van der Waals surface area contributed by atoms with Gasteiger partial charge in [0.05, 0.1) is 16.5 Å². The number of aromatic nitrogens is 1. The van der Waals surface area contributed by atoms with Crippen molar-refractivity contribution in [3.63, 3.8) is 0 Å². The predicted octanol–water partition coefficient (Wildman–Crippen LogP) is 3.69. The first-order valence-corrected chi connectivity index (χ1v) is 13.2. The van der Waals surface area contributed by atoms with Crippen LogP contribution in [0.15, 0.2) is 70.6 Å². The molecule has 8 nitrogen and oxygen atoms in total. The molecule has 0 spiro atoms. The number of hydrogen-bond donors (Lipinski definition) is 1. The molecular weight excluding hydrogens is 493 g/mol. The summed E-state index contributed by atoms with van der Waals surface area (Å²) in [7, 11) is -3.65. The Morgan fingerprint density at radius 1 is 1.03 bits per heavy atom. The van der Waals surface area contributed by atoms with Gasteiger partial charge in [0, 0.05) is 30.2 Å². The second kappa shape index (κ2) is 8.99. The molecule has 0 aliphatic carbocycles. The largest absolute Gasteiger partial charge is 0.507 e. The molecule has 3 aromatic rings. The molecule has 2 aliphatic rings. The third kappa shape index (κ3) is 4.05. The number of benzene rings is 2. The number of ketones is 1. The Labute approximate surface area is 205 Å². The van der Waals surface area contributed by atoms with E-state index in [0.717, 1.165) is 24.2 Å². The van der Waals surface area contributed by atoms with Crippen LogP contribution < -0.4 is 4.90 Å². The molecule has 2 aliphatic heterocycles. The third-order valence-electron chi connectivity index (χ3n) is 6.09. The lowest BCUT2D eigenvalue weighted by molar-refractivity contribution is -0.132. The van der Waals surface area contributed by atoms with Crippen molar-refractivity contribution >= 4 is 43.9 Å². The van der Waals surface area contributed by atoms with Crippen molar-refractivity contribution in [2.75, 3.05) is 18.0 Å². The van der Waals surface area contributed by atoms with Crippen molar-refractivity contribution in [1.82, 2.24) is 9.29 Å². The molecule has 1 unspecified atom stereocenters. The van der Waals surface area contributed by atoms with Crippen molar-refractivity contribution in [3.05, 3.63) is 82.6 Å². The van der Waals surface area contributed by atoms with Crippen molar-refractivity contribution in [1.29, 1.82) is 0 Å². The molecule has 2 fully saturated rings. The first-order chi connectivity index (χ1) is 16.8. The summed E-state index contributed by atoms with van der Waals surface area (Å²) in [6, 6.07) is 9.78. The summed E-state index contributed by atoms with van der Waals surface area (Å²) in [6.45, 7) is 0.921. The SMILES string of the molecule is O=C1C(=O)N(c2nccs2)C(c2ccc(F)cc2)C1=C(O)c1ccc(S(=O)(=O)N2CCCC2)cc1. The van der Waals surface area contributed by atoms with Crippen LogP contribution in [0, 0.1) is 5.82 Å². The average Bonchev–Trinajstić information content (AvgIpc) is 3.62. The zero-order valence-electron chi connectivity index (χ0n) is 18.3. The first kappa shape index (κ1) is 23.3. The fourth-order valence-corrected chi connectivity index (χ4v) is 6.53. The number of halogens is 1. The molecule has 180 valence electrons. The molecular formula is C24H20FN3O5S2. The molecule has 1 amide bonds. The van der Waals surface area contributed by atoms with Gasteiger partial charge in [0.25, 0.3) is 5.78 Å². The summed E-state index contributed by atoms with van der Waals surface area (Å²) in [5.41, 5.74) is 0.400. The lowest BCUT2D eigenvalue weighted by Gasteiger charge is -2.23. The number of carbonyl (C=O) groups excluding carboxylic acids is 2. The fraction of sp³-hybridized carbons (Fsp3) is 0.208. The van der Waals surface area contributed by atoms with Crippen LogP contribution in [0.4, 0.5) is 9.52 Å². The molecule has 1 aromatic heterocycles. The molecule has 1 atom stereocenters. The number of aliphatic hydroxyl groups is 1. The van der Waals surface area contributed by atoms with E-state index in [1.165, 1.54) is 63.9 Å². The van der Waals surface area contributed by atoms with Crippen LogP contribution in [-0.4, -0.2) is 47.6 Å². The van der Waals surface area contributed by atoms with Crippen LogP contribution in [0.25, 0.3) is 5.76 Å². The van der Waals surface area contributed by atoms with Crippen molar-refractivity contribution in [2.24, 2.45) is 0 Å². The number of amides is 1. The number of aliphatic hydroxyl groups excluding tert-OH is 1. The van der Waals surface area contributed by atoms with Crippen LogP contribution in [0.5, 0.6) is 0 Å². The van der Waals surface area contributed by atoms with Gasteiger partial charge in [-0.25, -0.2) is 17.8 Å². The second-order valence-corrected chi connectivity index (χ2v) is 11.0. The predicted molar refractivity (Wildman–Crippen MR) is 128 cm³/mol. The summed E-state index contributed by atoms with van der Waals surface area (Å²) in [5.74, 6) is -2.73. The molecule has 2 saturated heterocycles. The summed E-state index contributed by atoms with van der Waals surface area (Å²) in [6.07, 6.45) is 3.10. The van der Waals surface area contributed by atoms with Crippen LogP contribution in [0.1, 0.15) is 30.0 Å². The van der Waals surface area contributed by atoms with Crippen LogP contribution in [0.3, 0.4) is 0 Å². The second-order valence-electron chi connectivity index (χ2n) is 8.17. The Morgan fingerprint density at radius 3 is 2.29 bits per heavy atom. The van der Waals surface area contributed by atoms with Gasteiger partial charge in [0.1, 0.15) is 11.6 Å². The maximum atomic E-state index is 13.6. The van der Waals surface area contributed by atoms with E-state index in [-0.39, 0.29) is 21.2 Å². The molecule has 0 saturated carbocycles. The maximum absolute atomic E-state index is 13.6. The Bertz CT molecular complexity index is 1410. The fourth-order valence-electron chi connectivity index (χ4n) is 4.34. The zero-order chi connectivity index (χ0) is 24.7. The number of anilines is 1. The zero-order valence-corrected chi connectivity index (χ0v) is 19.9. The molecule has 35 heavy (non-hydrogen) atoms. The van der Waals surface area contributed by atoms with E-state index < -0.39 is 39.3 Å². The van der Waals surface area contributed by atoms with Crippen LogP contribution in [-0.2, 0) is 19.6 Å². The van der Waals surface area contributed by atoms with E-state index in [4.69, 9.17) is 0 Å². The summed E-state index contributed by atoms with van der Waals surface area (Å²) < 4.78 is 40.6. The minimum Gasteiger partial charge on any atom is -0.507 e. The Balaban J connectivity index is 1.59. The quantitative estimate of drug-likeness (QED) is 0.317. The molecule has 11 heteroatoms. The Morgan fingerprint density at radius 2 is 1.69 bits per heavy atom. The molecule has 5 rings (SSSR count). The van der Waals surface area contributed by atoms with E-state index in [1.54, 1.807) is 5.38 Å². The van der Waals surface area contributed by atoms with Crippen LogP contribution >= 0.6 is 11.3 Å². The monoisotopic (exact) mass is 513 g/mol. The molecule has 1 N–H and O–H groups in total. The number of rotatable bonds is 5. The van der Waals surface area contributed by atoms with E-state index in [0.29, 0.717) is 18.7 Å². The van der Waals surface area contributed by atoms with Gasteiger partial charge >= 0.3 is 5.91 Å². The summed E-state index contributed by atoms with van der Waals surface area (Å²) in [4.78, 5) is 31.4. The normalized spacial score (nSPS) is 20.6. The van der Waals surface area contributed by atoms with E-state index in [9.17, 15) is 27.5 Å². The highest BCUT2D eigenvalue weighted by atomic mass is 32.2. The number of thiazole rings is 1. The van der Waals surface area contributed by atoms with Gasteiger partial charge in [-0.3, -0.25) is 14.5 Å². The number of Topliss-reactive ketones (excluding diaryl/α,β-unsaturated/α-hetero) is 1. The highest BCUT2D eigenvalue weighted by molar-refractivity contribution is 7.89. The summed E-state index contributed by atoms with van der Waals surface area (Å²) in [5, 5.41) is 13.0. The third-order valence-corrected chi connectivity index (χ3v) is 8.77. The van der Waals surface area contributed by atoms with Gasteiger partial charge in [-0.15, -0.1) is 11.3 Å². The maximum Gasteiger partial charge on any atom is 0.301 e. The molecule has 0 radical (unpaired) electrons. The Kier molecular flexibility index (Phi) is 5.99. The van der Waals surface area contributed by atoms with Gasteiger partial charge < -0.3 is 5.11 Å². The Hall–Kier alpha value is -3.41. The van der Waals surface area contributed by atoms with E-state index in [2.05, 4.69) is 4.98 Å². The van der Waals surface area contributed by atoms with Gasteiger partial charge in [0.2, 0.25) is 10.0 Å². The van der Waals surface area contributed by atoms with Crippen molar-refractivity contribution < 1.29 is 27.5 Å². The number of hydrogen-bond acceptors (Lipinski definition) is 7. The van der Waals surface area contributed by atoms with Crippen molar-refractivity contribution in [2.45, 2.75) is 23.8 Å². The molecule has 2 aromatic carbocycles. The standard InChI is InChI=1S/C24H20FN3O5S2/c25-17-7-3-15(4-8-17)20-19(22(30)23(31)28(20)24-26-11-14-34-24)21(29)16-5-9-18(10-6-16)35(32,33)27-12-1-2-13-27/h3-11,14,20,29H,1-2,12-13H2. The lowest BCUT2D eigenvalue weighted by atomic mass is 9.95. The highest BCUT2D eigenvalue weighted by Crippen LogP contribution is 2.42. The minimum atomic E-state index is -3.65. The highest BCUT2D eigenvalue weighted by Gasteiger charge is 2.48. The van der Waals surface area contributed by atoms with E-state index >= 15 is 0 Å². The molecule has 0 bridgehead atoms. The van der Waals surface area contributed by atoms with E-state index in [1.807, 2.05) is 0 Å². The minimum absolute atomic E-state index is 0.0780. The lowest BCUT2D eigenvalue weighted by Crippen LogP contribution is -2.29. The number of carbonyl (C=O) groups is 2. The summed E-state index contributed by atoms with van der Waals surface area (Å²) >= 11 is 1.15. The van der Waals surface area contributed by atoms with Crippen molar-refractivity contribution in [3.8, 4) is 0 Å². The van der Waals surface area contributed by atoms with Gasteiger partial charge in [-0.2, -0.15) is 4.31 Å². The van der Waals surface area contributed by atoms with Gasteiger partial charge in [-0.1, -0.05) is 12.1 Å². The van der Waals surface area contributed by atoms with Gasteiger partial charge in [-0.05, 0) is 54.8 Å². The topological polar surface area (TPSA) is 108 Å². The number of sulfonamides is 1.